The maximum absolute atomic E-state index is 6.14. The molecule has 0 amide bonds. The SMILES string of the molecule is CC(C)(CCCl)NCc1ccc(Br)cc1Cl. The fourth-order valence-corrected chi connectivity index (χ4v) is 2.54. The molecule has 16 heavy (non-hydrogen) atoms. The molecule has 0 heterocycles. The van der Waals surface area contributed by atoms with E-state index in [-0.39, 0.29) is 5.54 Å². The maximum atomic E-state index is 6.14. The van der Waals surface area contributed by atoms with Gasteiger partial charge in [-0.05, 0) is 38.0 Å². The van der Waals surface area contributed by atoms with Gasteiger partial charge in [-0.1, -0.05) is 33.6 Å². The van der Waals surface area contributed by atoms with E-state index in [2.05, 4.69) is 35.1 Å². The van der Waals surface area contributed by atoms with Gasteiger partial charge in [0.1, 0.15) is 0 Å². The van der Waals surface area contributed by atoms with Crippen molar-refractivity contribution in [2.75, 3.05) is 5.88 Å². The molecule has 0 saturated heterocycles. The molecular weight excluding hydrogens is 309 g/mol. The van der Waals surface area contributed by atoms with Gasteiger partial charge in [-0.2, -0.15) is 0 Å². The number of halogens is 3. The molecule has 1 aromatic rings. The number of hydrogen-bond acceptors (Lipinski definition) is 1. The molecule has 0 atom stereocenters. The van der Waals surface area contributed by atoms with Crippen LogP contribution in [-0.4, -0.2) is 11.4 Å². The van der Waals surface area contributed by atoms with Crippen LogP contribution >= 0.6 is 39.1 Å². The molecule has 90 valence electrons. The molecule has 0 aliphatic rings. The van der Waals surface area contributed by atoms with Crippen molar-refractivity contribution in [3.05, 3.63) is 33.3 Å². The molecule has 0 aliphatic heterocycles. The van der Waals surface area contributed by atoms with E-state index < -0.39 is 0 Å². The monoisotopic (exact) mass is 323 g/mol. The van der Waals surface area contributed by atoms with Crippen molar-refractivity contribution in [1.82, 2.24) is 5.32 Å². The summed E-state index contributed by atoms with van der Waals surface area (Å²) in [5.41, 5.74) is 1.14. The van der Waals surface area contributed by atoms with E-state index in [0.29, 0.717) is 5.88 Å². The number of alkyl halides is 1. The third-order valence-corrected chi connectivity index (χ3v) is 3.53. The van der Waals surface area contributed by atoms with Crippen molar-refractivity contribution in [2.45, 2.75) is 32.4 Å². The molecule has 0 aromatic heterocycles. The van der Waals surface area contributed by atoms with E-state index >= 15 is 0 Å². The lowest BCUT2D eigenvalue weighted by molar-refractivity contribution is 0.376. The minimum atomic E-state index is 0.0398. The second-order valence-electron chi connectivity index (χ2n) is 4.41. The predicted molar refractivity (Wildman–Crippen MR) is 75.4 cm³/mol. The topological polar surface area (TPSA) is 12.0 Å². The molecule has 0 aliphatic carbocycles. The van der Waals surface area contributed by atoms with Gasteiger partial charge in [0, 0.05) is 27.5 Å². The van der Waals surface area contributed by atoms with E-state index in [0.717, 1.165) is 28.0 Å². The second kappa shape index (κ2) is 6.25. The van der Waals surface area contributed by atoms with Crippen molar-refractivity contribution in [3.8, 4) is 0 Å². The Morgan fingerprint density at radius 2 is 2.06 bits per heavy atom. The standard InChI is InChI=1S/C12H16BrCl2N/c1-12(2,5-6-14)16-8-9-3-4-10(13)7-11(9)15/h3-4,7,16H,5-6,8H2,1-2H3. The van der Waals surface area contributed by atoms with Crippen molar-refractivity contribution in [3.63, 3.8) is 0 Å². The van der Waals surface area contributed by atoms with Crippen LogP contribution < -0.4 is 5.32 Å². The van der Waals surface area contributed by atoms with Crippen LogP contribution in [0.25, 0.3) is 0 Å². The lowest BCUT2D eigenvalue weighted by Crippen LogP contribution is -2.39. The molecule has 0 bridgehead atoms. The Bertz CT molecular complexity index is 353. The van der Waals surface area contributed by atoms with Gasteiger partial charge in [0.05, 0.1) is 0 Å². The summed E-state index contributed by atoms with van der Waals surface area (Å²) in [5, 5.41) is 4.23. The Morgan fingerprint density at radius 1 is 1.38 bits per heavy atom. The first-order chi connectivity index (χ1) is 7.44. The van der Waals surface area contributed by atoms with E-state index in [1.54, 1.807) is 0 Å². The molecular formula is C12H16BrCl2N. The molecule has 1 N–H and O–H groups in total. The average molecular weight is 325 g/mol. The van der Waals surface area contributed by atoms with Crippen molar-refractivity contribution in [1.29, 1.82) is 0 Å². The van der Waals surface area contributed by atoms with Gasteiger partial charge in [0.2, 0.25) is 0 Å². The normalized spacial score (nSPS) is 11.8. The van der Waals surface area contributed by atoms with Gasteiger partial charge in [-0.15, -0.1) is 11.6 Å². The second-order valence-corrected chi connectivity index (χ2v) is 6.11. The highest BCUT2D eigenvalue weighted by atomic mass is 79.9. The summed E-state index contributed by atoms with van der Waals surface area (Å²) in [6.45, 7) is 5.04. The smallest absolute Gasteiger partial charge is 0.0462 e. The Kier molecular flexibility index (Phi) is 5.58. The highest BCUT2D eigenvalue weighted by molar-refractivity contribution is 9.10. The van der Waals surface area contributed by atoms with Crippen LogP contribution in [0.4, 0.5) is 0 Å². The van der Waals surface area contributed by atoms with Gasteiger partial charge >= 0.3 is 0 Å². The summed E-state index contributed by atoms with van der Waals surface area (Å²) < 4.78 is 1.00. The first-order valence-electron chi connectivity index (χ1n) is 5.19. The number of benzene rings is 1. The highest BCUT2D eigenvalue weighted by Crippen LogP contribution is 2.22. The predicted octanol–water partition coefficient (Wildman–Crippen LogP) is 4.60. The molecule has 4 heteroatoms. The molecule has 0 spiro atoms. The van der Waals surface area contributed by atoms with Crippen LogP contribution in [0.2, 0.25) is 5.02 Å². The van der Waals surface area contributed by atoms with Gasteiger partial charge in [0.15, 0.2) is 0 Å². The van der Waals surface area contributed by atoms with Crippen LogP contribution in [0.5, 0.6) is 0 Å². The first kappa shape index (κ1) is 14.3. The van der Waals surface area contributed by atoms with Crippen LogP contribution in [0, 0.1) is 0 Å². The zero-order valence-corrected chi connectivity index (χ0v) is 12.6. The van der Waals surface area contributed by atoms with Gasteiger partial charge in [0.25, 0.3) is 0 Å². The summed E-state index contributed by atoms with van der Waals surface area (Å²) in [4.78, 5) is 0. The summed E-state index contributed by atoms with van der Waals surface area (Å²) >= 11 is 15.3. The Labute approximate surface area is 116 Å². The minimum Gasteiger partial charge on any atom is -0.308 e. The molecule has 0 fully saturated rings. The molecule has 1 nitrogen and oxygen atoms in total. The zero-order chi connectivity index (χ0) is 12.2. The lowest BCUT2D eigenvalue weighted by Gasteiger charge is -2.25. The van der Waals surface area contributed by atoms with Crippen molar-refractivity contribution in [2.24, 2.45) is 0 Å². The number of hydrogen-bond donors (Lipinski definition) is 1. The number of nitrogens with one attached hydrogen (secondary N) is 1. The Morgan fingerprint density at radius 3 is 2.62 bits per heavy atom. The third-order valence-electron chi connectivity index (χ3n) is 2.49. The zero-order valence-electron chi connectivity index (χ0n) is 9.49. The molecule has 1 aromatic carbocycles. The van der Waals surface area contributed by atoms with Gasteiger partial charge in [-0.3, -0.25) is 0 Å². The maximum Gasteiger partial charge on any atom is 0.0462 e. The molecule has 1 rings (SSSR count). The Hall–Kier alpha value is 0.240. The van der Waals surface area contributed by atoms with E-state index in [4.69, 9.17) is 23.2 Å². The molecule has 0 radical (unpaired) electrons. The average Bonchev–Trinajstić information content (AvgIpc) is 2.16. The van der Waals surface area contributed by atoms with E-state index in [9.17, 15) is 0 Å². The van der Waals surface area contributed by atoms with Crippen molar-refractivity contribution < 1.29 is 0 Å². The summed E-state index contributed by atoms with van der Waals surface area (Å²) in [5.74, 6) is 0.661. The van der Waals surface area contributed by atoms with Gasteiger partial charge < -0.3 is 5.32 Å². The van der Waals surface area contributed by atoms with Crippen LogP contribution in [-0.2, 0) is 6.54 Å². The Balaban J connectivity index is 2.61. The summed E-state index contributed by atoms with van der Waals surface area (Å²) in [6, 6.07) is 5.93. The fourth-order valence-electron chi connectivity index (χ4n) is 1.32. The highest BCUT2D eigenvalue weighted by Gasteiger charge is 2.16. The number of rotatable bonds is 5. The van der Waals surface area contributed by atoms with Crippen LogP contribution in [0.3, 0.4) is 0 Å². The van der Waals surface area contributed by atoms with Crippen LogP contribution in [0.1, 0.15) is 25.8 Å². The quantitative estimate of drug-likeness (QED) is 0.780. The minimum absolute atomic E-state index is 0.0398. The molecule has 0 unspecified atom stereocenters. The van der Waals surface area contributed by atoms with Crippen molar-refractivity contribution >= 4 is 39.1 Å². The van der Waals surface area contributed by atoms with Gasteiger partial charge in [-0.25, -0.2) is 0 Å². The molecule has 0 saturated carbocycles. The first-order valence-corrected chi connectivity index (χ1v) is 6.90. The van der Waals surface area contributed by atoms with E-state index in [1.165, 1.54) is 0 Å². The van der Waals surface area contributed by atoms with Crippen LogP contribution in [0.15, 0.2) is 22.7 Å². The summed E-state index contributed by atoms with van der Waals surface area (Å²) in [7, 11) is 0. The summed E-state index contributed by atoms with van der Waals surface area (Å²) in [6.07, 6.45) is 0.933. The third kappa shape index (κ3) is 4.62. The lowest BCUT2D eigenvalue weighted by atomic mass is 10.0. The fraction of sp³-hybridized carbons (Fsp3) is 0.500. The largest absolute Gasteiger partial charge is 0.308 e. The van der Waals surface area contributed by atoms with E-state index in [1.807, 2.05) is 18.2 Å².